The maximum Gasteiger partial charge on any atom is 0.275 e. The van der Waals surface area contributed by atoms with Gasteiger partial charge in [-0.2, -0.15) is 0 Å². The predicted octanol–water partition coefficient (Wildman–Crippen LogP) is 2.99. The second-order valence-electron chi connectivity index (χ2n) is 4.06. The second-order valence-corrected chi connectivity index (χ2v) is 4.92. The van der Waals surface area contributed by atoms with E-state index in [1.807, 2.05) is 0 Å². The number of nitrogens with one attached hydrogen (secondary N) is 1. The normalized spacial score (nSPS) is 10.3. The molecule has 21 heavy (non-hydrogen) atoms. The van der Waals surface area contributed by atoms with Crippen molar-refractivity contribution in [1.82, 2.24) is 15.0 Å². The van der Waals surface area contributed by atoms with Crippen molar-refractivity contribution < 1.29 is 9.18 Å². The number of hydrogen-bond donors (Lipinski definition) is 1. The molecule has 0 aliphatic rings. The van der Waals surface area contributed by atoms with Gasteiger partial charge in [-0.1, -0.05) is 12.1 Å². The Bertz CT molecular complexity index is 775. The number of halogens is 1. The smallest absolute Gasteiger partial charge is 0.275 e. The van der Waals surface area contributed by atoms with E-state index in [2.05, 4.69) is 20.3 Å². The highest BCUT2D eigenvalue weighted by Crippen LogP contribution is 2.21. The Morgan fingerprint density at radius 3 is 2.86 bits per heavy atom. The third kappa shape index (κ3) is 2.92. The van der Waals surface area contributed by atoms with E-state index >= 15 is 0 Å². The van der Waals surface area contributed by atoms with E-state index in [0.717, 1.165) is 0 Å². The lowest BCUT2D eigenvalue weighted by molar-refractivity contribution is 0.102. The fourth-order valence-electron chi connectivity index (χ4n) is 1.65. The van der Waals surface area contributed by atoms with E-state index in [1.54, 1.807) is 36.1 Å². The SMILES string of the molecule is O=C(Nc1ccccc1F)c1csc(-c2cnccn2)n1. The molecular weight excluding hydrogens is 291 g/mol. The molecule has 0 radical (unpaired) electrons. The van der Waals surface area contributed by atoms with Crippen LogP contribution in [0.1, 0.15) is 10.5 Å². The van der Waals surface area contributed by atoms with Crippen LogP contribution < -0.4 is 5.32 Å². The van der Waals surface area contributed by atoms with Gasteiger partial charge in [0.25, 0.3) is 5.91 Å². The van der Waals surface area contributed by atoms with Gasteiger partial charge in [0.1, 0.15) is 22.2 Å². The molecule has 2 heterocycles. The van der Waals surface area contributed by atoms with Crippen LogP contribution in [0.2, 0.25) is 0 Å². The number of rotatable bonds is 3. The number of carbonyl (C=O) groups excluding carboxylic acids is 1. The fourth-order valence-corrected chi connectivity index (χ4v) is 2.41. The monoisotopic (exact) mass is 300 g/mol. The molecule has 2 aromatic heterocycles. The van der Waals surface area contributed by atoms with Crippen molar-refractivity contribution in [3.63, 3.8) is 0 Å². The zero-order valence-corrected chi connectivity index (χ0v) is 11.5. The summed E-state index contributed by atoms with van der Waals surface area (Å²) in [6, 6.07) is 5.97. The van der Waals surface area contributed by atoms with Crippen molar-refractivity contribution in [1.29, 1.82) is 0 Å². The minimum absolute atomic E-state index is 0.122. The number of para-hydroxylation sites is 1. The number of nitrogens with zero attached hydrogens (tertiary/aromatic N) is 3. The van der Waals surface area contributed by atoms with E-state index in [9.17, 15) is 9.18 Å². The molecule has 3 aromatic rings. The van der Waals surface area contributed by atoms with Crippen LogP contribution in [0, 0.1) is 5.82 Å². The van der Waals surface area contributed by atoms with Crippen LogP contribution in [0.5, 0.6) is 0 Å². The predicted molar refractivity (Wildman–Crippen MR) is 77.5 cm³/mol. The zero-order valence-electron chi connectivity index (χ0n) is 10.7. The average Bonchev–Trinajstić information content (AvgIpc) is 3.00. The van der Waals surface area contributed by atoms with Gasteiger partial charge in [0.2, 0.25) is 0 Å². The quantitative estimate of drug-likeness (QED) is 0.807. The van der Waals surface area contributed by atoms with Crippen molar-refractivity contribution in [3.8, 4) is 10.7 Å². The van der Waals surface area contributed by atoms with Gasteiger partial charge in [-0.25, -0.2) is 9.37 Å². The summed E-state index contributed by atoms with van der Waals surface area (Å²) < 4.78 is 13.5. The van der Waals surface area contributed by atoms with Gasteiger partial charge >= 0.3 is 0 Å². The molecular formula is C14H9FN4OS. The van der Waals surface area contributed by atoms with Gasteiger partial charge in [0, 0.05) is 17.8 Å². The first kappa shape index (κ1) is 13.3. The molecule has 0 aliphatic heterocycles. The van der Waals surface area contributed by atoms with Crippen molar-refractivity contribution in [2.24, 2.45) is 0 Å². The topological polar surface area (TPSA) is 67.8 Å². The van der Waals surface area contributed by atoms with Crippen LogP contribution >= 0.6 is 11.3 Å². The molecule has 1 aromatic carbocycles. The highest BCUT2D eigenvalue weighted by molar-refractivity contribution is 7.13. The van der Waals surface area contributed by atoms with Gasteiger partial charge in [0.15, 0.2) is 0 Å². The van der Waals surface area contributed by atoms with Crippen LogP contribution in [0.4, 0.5) is 10.1 Å². The van der Waals surface area contributed by atoms with Crippen LogP contribution in [-0.2, 0) is 0 Å². The highest BCUT2D eigenvalue weighted by Gasteiger charge is 2.14. The van der Waals surface area contributed by atoms with Gasteiger partial charge < -0.3 is 5.32 Å². The molecule has 0 saturated heterocycles. The van der Waals surface area contributed by atoms with E-state index in [4.69, 9.17) is 0 Å². The molecule has 0 spiro atoms. The summed E-state index contributed by atoms with van der Waals surface area (Å²) >= 11 is 1.28. The lowest BCUT2D eigenvalue weighted by atomic mass is 10.3. The Morgan fingerprint density at radius 1 is 1.24 bits per heavy atom. The van der Waals surface area contributed by atoms with Crippen LogP contribution in [0.15, 0.2) is 48.2 Å². The Kier molecular flexibility index (Phi) is 3.65. The number of carbonyl (C=O) groups is 1. The van der Waals surface area contributed by atoms with E-state index in [0.29, 0.717) is 10.7 Å². The minimum atomic E-state index is -0.491. The molecule has 1 amide bonds. The molecule has 0 bridgehead atoms. The zero-order chi connectivity index (χ0) is 14.7. The standard InChI is InChI=1S/C14H9FN4OS/c15-9-3-1-2-4-10(9)18-13(20)12-8-21-14(19-12)11-7-16-5-6-17-11/h1-8H,(H,18,20). The Balaban J connectivity index is 1.80. The molecule has 7 heteroatoms. The molecule has 0 aliphatic carbocycles. The number of amides is 1. The van der Waals surface area contributed by atoms with Gasteiger partial charge in [-0.3, -0.25) is 14.8 Å². The molecule has 5 nitrogen and oxygen atoms in total. The summed E-state index contributed by atoms with van der Waals surface area (Å²) in [5.41, 5.74) is 0.924. The van der Waals surface area contributed by atoms with Crippen LogP contribution in [-0.4, -0.2) is 20.9 Å². The summed E-state index contributed by atoms with van der Waals surface area (Å²) in [7, 11) is 0. The molecule has 0 saturated carbocycles. The first-order valence-electron chi connectivity index (χ1n) is 6.02. The van der Waals surface area contributed by atoms with Crippen molar-refractivity contribution in [2.75, 3.05) is 5.32 Å². The first-order chi connectivity index (χ1) is 10.2. The molecule has 0 fully saturated rings. The van der Waals surface area contributed by atoms with E-state index in [-0.39, 0.29) is 11.4 Å². The highest BCUT2D eigenvalue weighted by atomic mass is 32.1. The van der Waals surface area contributed by atoms with Gasteiger partial charge in [0.05, 0.1) is 11.9 Å². The Hall–Kier alpha value is -2.67. The summed E-state index contributed by atoms with van der Waals surface area (Å²) in [5.74, 6) is -0.957. The van der Waals surface area contributed by atoms with Crippen molar-refractivity contribution in [2.45, 2.75) is 0 Å². The number of thiazole rings is 1. The summed E-state index contributed by atoms with van der Waals surface area (Å²) in [6.45, 7) is 0. The summed E-state index contributed by atoms with van der Waals surface area (Å²) in [6.07, 6.45) is 4.68. The maximum absolute atomic E-state index is 13.5. The van der Waals surface area contributed by atoms with Gasteiger partial charge in [-0.05, 0) is 12.1 Å². The summed E-state index contributed by atoms with van der Waals surface area (Å²) in [4.78, 5) is 24.3. The average molecular weight is 300 g/mol. The lowest BCUT2D eigenvalue weighted by Gasteiger charge is -2.03. The first-order valence-corrected chi connectivity index (χ1v) is 6.90. The van der Waals surface area contributed by atoms with E-state index in [1.165, 1.54) is 23.5 Å². The Labute approximate surface area is 123 Å². The minimum Gasteiger partial charge on any atom is -0.318 e. The van der Waals surface area contributed by atoms with Gasteiger partial charge in [-0.15, -0.1) is 11.3 Å². The molecule has 104 valence electrons. The van der Waals surface area contributed by atoms with Crippen molar-refractivity contribution >= 4 is 22.9 Å². The largest absolute Gasteiger partial charge is 0.318 e. The maximum atomic E-state index is 13.5. The lowest BCUT2D eigenvalue weighted by Crippen LogP contribution is -2.13. The number of benzene rings is 1. The van der Waals surface area contributed by atoms with Crippen LogP contribution in [0.25, 0.3) is 10.7 Å². The summed E-state index contributed by atoms with van der Waals surface area (Å²) in [5, 5.41) is 4.67. The van der Waals surface area contributed by atoms with Crippen molar-refractivity contribution in [3.05, 3.63) is 59.7 Å². The molecule has 0 atom stereocenters. The third-order valence-corrected chi connectivity index (χ3v) is 3.51. The number of aromatic nitrogens is 3. The number of hydrogen-bond acceptors (Lipinski definition) is 5. The fraction of sp³-hybridized carbons (Fsp3) is 0. The molecule has 1 N–H and O–H groups in total. The third-order valence-electron chi connectivity index (χ3n) is 2.64. The van der Waals surface area contributed by atoms with Crippen LogP contribution in [0.3, 0.4) is 0 Å². The number of anilines is 1. The Morgan fingerprint density at radius 2 is 2.10 bits per heavy atom. The second kappa shape index (κ2) is 5.76. The molecule has 0 unspecified atom stereocenters. The van der Waals surface area contributed by atoms with E-state index < -0.39 is 11.7 Å². The molecule has 3 rings (SSSR count).